The smallest absolute Gasteiger partial charge is 0.418 e. The minimum absolute atomic E-state index is 0. The van der Waals surface area contributed by atoms with E-state index in [2.05, 4.69) is 259 Å². The first-order chi connectivity index (χ1) is 30.3. The molecule has 0 radical (unpaired) electrons. The zero-order valence-corrected chi connectivity index (χ0v) is 46.2. The van der Waals surface area contributed by atoms with Crippen LogP contribution in [0.5, 0.6) is 0 Å². The zero-order valence-electron chi connectivity index (χ0n) is 41.9. The third-order valence-electron chi connectivity index (χ3n) is 11.9. The summed E-state index contributed by atoms with van der Waals surface area (Å²) in [5, 5.41) is 0. The van der Waals surface area contributed by atoms with Crippen molar-refractivity contribution in [1.29, 1.82) is 0 Å². The Morgan fingerprint density at radius 3 is 0.742 bits per heavy atom. The van der Waals surface area contributed by atoms with Gasteiger partial charge < -0.3 is 17.3 Å². The molecule has 0 fully saturated rings. The Bertz CT molecular complexity index is 2080. The summed E-state index contributed by atoms with van der Waals surface area (Å²) in [5.74, 6) is 3.69. The van der Waals surface area contributed by atoms with E-state index in [1.165, 1.54) is 67.3 Å². The number of rotatable bonds is 12. The van der Waals surface area contributed by atoms with E-state index in [-0.39, 0.29) is 17.1 Å². The van der Waals surface area contributed by atoms with Gasteiger partial charge in [-0.2, -0.15) is 0 Å². The molecule has 2 heterocycles. The van der Waals surface area contributed by atoms with Gasteiger partial charge in [0, 0.05) is 0 Å². The first-order valence-corrected chi connectivity index (χ1v) is 25.0. The molecule has 4 aromatic carbocycles. The SMILES string of the molecule is CC(C)c1cccc(C(C)C)c1-n1cc[n+](-c2c(C(C)C)cccc2C(C)C)c1[Se-].CC(C)c1cccc(C(C)C)c1-n1cc[n+](-c2c(C(C)C)cccc2C(C)C)c1[Se-].F[B-](F)(F)F.[Cu+]. The first-order valence-electron chi connectivity index (χ1n) is 23.3. The van der Waals surface area contributed by atoms with Crippen LogP contribution in [0.3, 0.4) is 0 Å². The largest absolute Gasteiger partial charge is 1.00 e. The molecule has 0 N–H and O–H groups in total. The van der Waals surface area contributed by atoms with Gasteiger partial charge in [-0.15, -0.1) is 0 Å². The van der Waals surface area contributed by atoms with Gasteiger partial charge in [0.25, 0.3) is 0 Å². The van der Waals surface area contributed by atoms with Gasteiger partial charge in [-0.3, -0.25) is 0 Å². The standard InChI is InChI=1S/2C27H36N2Se.BF4.Cu/c2*1-17(2)21-11-9-12-22(18(3)4)25(21)28-15-16-29(27(28)30)26-23(19(5)6)13-10-14-24(26)20(7)8;2-1(3,4)5;/h2*9-20H,1-8H3;;/q;;-1;+1. The number of hydrogen-bond donors (Lipinski definition) is 0. The Kier molecular flexibility index (Phi) is 20.9. The molecule has 4 nitrogen and oxygen atoms in total. The Morgan fingerprint density at radius 1 is 0.379 bits per heavy atom. The molecule has 0 saturated heterocycles. The fourth-order valence-electron chi connectivity index (χ4n) is 8.59. The van der Waals surface area contributed by atoms with Gasteiger partial charge in [0.1, 0.15) is 0 Å². The fourth-order valence-corrected chi connectivity index (χ4v) is 9.87. The topological polar surface area (TPSA) is 17.6 Å². The summed E-state index contributed by atoms with van der Waals surface area (Å²) in [5.41, 5.74) is 16.4. The number of halogens is 4. The van der Waals surface area contributed by atoms with Crippen LogP contribution in [-0.4, -0.2) is 48.4 Å². The molecule has 6 aromatic rings. The summed E-state index contributed by atoms with van der Waals surface area (Å²) in [6.45, 7) is 36.5. The van der Waals surface area contributed by atoms with Crippen LogP contribution in [0, 0.1) is 0 Å². The molecule has 2 aromatic heterocycles. The van der Waals surface area contributed by atoms with Gasteiger partial charge in [0.2, 0.25) is 0 Å². The van der Waals surface area contributed by atoms with Gasteiger partial charge >= 0.3 is 407 Å². The van der Waals surface area contributed by atoms with Crippen LogP contribution in [0.15, 0.2) is 97.6 Å². The van der Waals surface area contributed by atoms with Crippen molar-refractivity contribution >= 4 is 48.7 Å². The van der Waals surface area contributed by atoms with Crippen LogP contribution < -0.4 is 18.6 Å². The minimum Gasteiger partial charge on any atom is -0.418 e. The van der Waals surface area contributed by atoms with Crippen LogP contribution in [-0.2, 0) is 17.1 Å². The second-order valence-electron chi connectivity index (χ2n) is 19.5. The predicted molar refractivity (Wildman–Crippen MR) is 268 cm³/mol. The summed E-state index contributed by atoms with van der Waals surface area (Å²) in [6, 6.07) is 27.0. The normalized spacial score (nSPS) is 11.8. The van der Waals surface area contributed by atoms with Gasteiger partial charge in [0.05, 0.1) is 0 Å². The Morgan fingerprint density at radius 2 is 0.561 bits per heavy atom. The van der Waals surface area contributed by atoms with Crippen molar-refractivity contribution in [2.75, 3.05) is 0 Å². The third-order valence-corrected chi connectivity index (χ3v) is 13.5. The molecule has 0 amide bonds. The minimum atomic E-state index is -6.00. The quantitative estimate of drug-likeness (QED) is 0.0660. The molecular weight excluding hydrogens is 1010 g/mol. The van der Waals surface area contributed by atoms with Crippen LogP contribution >= 0.6 is 0 Å². The number of hydrogen-bond acceptors (Lipinski definition) is 0. The molecule has 0 bridgehead atoms. The van der Waals surface area contributed by atoms with Crippen LogP contribution in [0.4, 0.5) is 17.3 Å². The summed E-state index contributed by atoms with van der Waals surface area (Å²) in [7, 11) is -6.00. The molecule has 0 atom stereocenters. The maximum absolute atomic E-state index is 9.75. The van der Waals surface area contributed by atoms with Gasteiger partial charge in [0.15, 0.2) is 0 Å². The van der Waals surface area contributed by atoms with Crippen molar-refractivity contribution in [3.8, 4) is 22.7 Å². The number of aromatic nitrogens is 4. The fraction of sp³-hybridized carbons (Fsp3) is 0.444. The molecule has 362 valence electrons. The molecule has 0 aliphatic carbocycles. The molecular formula is C54H72BCuF4N4Se2. The Hall–Kier alpha value is -3.36. The molecule has 0 aliphatic heterocycles. The van der Waals surface area contributed by atoms with E-state index in [9.17, 15) is 17.3 Å². The van der Waals surface area contributed by atoms with Crippen molar-refractivity contribution in [3.05, 3.63) is 142 Å². The number of benzene rings is 4. The van der Waals surface area contributed by atoms with Crippen LogP contribution in [0.25, 0.3) is 22.7 Å². The second kappa shape index (κ2) is 24.3. The average molecular weight is 1090 g/mol. The van der Waals surface area contributed by atoms with E-state index in [0.717, 1.165) is 9.45 Å². The summed E-state index contributed by atoms with van der Waals surface area (Å²) < 4.78 is 50.7. The molecule has 6 rings (SSSR count). The summed E-state index contributed by atoms with van der Waals surface area (Å²) in [6.07, 6.45) is 8.89. The van der Waals surface area contributed by atoms with Crippen molar-refractivity contribution in [2.45, 2.75) is 158 Å². The number of nitrogens with zero attached hydrogens (tertiary/aromatic N) is 4. The van der Waals surface area contributed by atoms with E-state index in [1.54, 1.807) is 0 Å². The Balaban J connectivity index is 0.000000313. The van der Waals surface area contributed by atoms with E-state index in [1.807, 2.05) is 0 Å². The molecule has 0 spiro atoms. The summed E-state index contributed by atoms with van der Waals surface area (Å²) in [4.78, 5) is 0. The first kappa shape index (κ1) is 57.0. The summed E-state index contributed by atoms with van der Waals surface area (Å²) >= 11 is 6.81. The van der Waals surface area contributed by atoms with Gasteiger partial charge in [-0.1, -0.05) is 0 Å². The van der Waals surface area contributed by atoms with Gasteiger partial charge in [-0.05, 0) is 0 Å². The molecule has 12 heteroatoms. The van der Waals surface area contributed by atoms with E-state index < -0.39 is 7.25 Å². The van der Waals surface area contributed by atoms with Crippen molar-refractivity contribution in [1.82, 2.24) is 9.13 Å². The molecule has 0 unspecified atom stereocenters. The second-order valence-corrected chi connectivity index (χ2v) is 21.0. The van der Waals surface area contributed by atoms with E-state index >= 15 is 0 Å². The predicted octanol–water partition coefficient (Wildman–Crippen LogP) is 13.4. The zero-order chi connectivity index (χ0) is 48.8. The Labute approximate surface area is 421 Å². The van der Waals surface area contributed by atoms with Crippen LogP contribution in [0.1, 0.15) is 203 Å². The van der Waals surface area contributed by atoms with Crippen LogP contribution in [0.2, 0.25) is 0 Å². The maximum atomic E-state index is 9.75. The van der Waals surface area contributed by atoms with Crippen molar-refractivity contribution < 1.29 is 43.5 Å². The van der Waals surface area contributed by atoms with Crippen molar-refractivity contribution in [2.24, 2.45) is 0 Å². The third kappa shape index (κ3) is 13.5. The monoisotopic (exact) mass is 1090 g/mol. The van der Waals surface area contributed by atoms with E-state index in [0.29, 0.717) is 47.3 Å². The average Bonchev–Trinajstić information content (AvgIpc) is 3.79. The number of imidazole rings is 2. The molecule has 0 aliphatic rings. The molecule has 66 heavy (non-hydrogen) atoms. The maximum Gasteiger partial charge on any atom is 1.00 e. The van der Waals surface area contributed by atoms with Crippen molar-refractivity contribution in [3.63, 3.8) is 0 Å². The van der Waals surface area contributed by atoms with E-state index in [4.69, 9.17) is 0 Å². The number of para-hydroxylation sites is 4. The molecule has 0 saturated carbocycles. The van der Waals surface area contributed by atoms with Gasteiger partial charge in [-0.25, -0.2) is 0 Å².